The Kier molecular flexibility index (Phi) is 5.37. The minimum atomic E-state index is -0.554. The maximum Gasteiger partial charge on any atom is 0.495 e. The summed E-state index contributed by atoms with van der Waals surface area (Å²) < 4.78 is 13.9. The lowest BCUT2D eigenvalue weighted by molar-refractivity contribution is 0.00578. The molecule has 2 nitrogen and oxygen atoms in total. The van der Waals surface area contributed by atoms with Crippen molar-refractivity contribution in [2.24, 2.45) is 0 Å². The van der Waals surface area contributed by atoms with Crippen molar-refractivity contribution in [1.82, 2.24) is 0 Å². The lowest BCUT2D eigenvalue weighted by Gasteiger charge is -2.50. The number of rotatable bonds is 1. The Morgan fingerprint density at radius 2 is 0.936 bits per heavy atom. The summed E-state index contributed by atoms with van der Waals surface area (Å²) in [6.07, 6.45) is 7.12. The van der Waals surface area contributed by atoms with Crippen LogP contribution < -0.4 is 5.46 Å². The zero-order chi connectivity index (χ0) is 31.8. The molecule has 5 aromatic carbocycles. The molecular formula is C44H37BO2. The minimum Gasteiger partial charge on any atom is -0.399 e. The topological polar surface area (TPSA) is 18.5 Å². The van der Waals surface area contributed by atoms with E-state index in [-0.39, 0.29) is 0 Å². The van der Waals surface area contributed by atoms with Crippen LogP contribution in [0.3, 0.4) is 0 Å². The van der Waals surface area contributed by atoms with Gasteiger partial charge in [0.25, 0.3) is 0 Å². The van der Waals surface area contributed by atoms with Gasteiger partial charge in [-0.25, -0.2) is 0 Å². The summed E-state index contributed by atoms with van der Waals surface area (Å²) >= 11 is 0. The van der Waals surface area contributed by atoms with Gasteiger partial charge in [-0.05, 0) is 113 Å². The summed E-state index contributed by atoms with van der Waals surface area (Å²) in [7, 11) is -0.513. The molecule has 228 valence electrons. The van der Waals surface area contributed by atoms with E-state index in [0.717, 1.165) is 18.3 Å². The van der Waals surface area contributed by atoms with Gasteiger partial charge in [0.05, 0.1) is 22.0 Å². The number of benzene rings is 5. The molecule has 1 saturated heterocycles. The molecule has 0 saturated carbocycles. The van der Waals surface area contributed by atoms with E-state index in [1.54, 1.807) is 0 Å². The van der Waals surface area contributed by atoms with E-state index in [0.29, 0.717) is 0 Å². The first kappa shape index (κ1) is 27.7. The van der Waals surface area contributed by atoms with E-state index >= 15 is 0 Å². The molecule has 2 spiro atoms. The fourth-order valence-electron chi connectivity index (χ4n) is 9.73. The van der Waals surface area contributed by atoms with Gasteiger partial charge in [0.2, 0.25) is 0 Å². The SMILES string of the molecule is CC1(C)OB(c2cccc3c2C2(c4ccccc4-c4ccccc42)c2ccccc2C32C3=CCCC=C3c3ccccc32)OC1(C)C. The first-order chi connectivity index (χ1) is 22.8. The number of fused-ring (bicyclic) bond motifs is 16. The van der Waals surface area contributed by atoms with Crippen molar-refractivity contribution in [3.63, 3.8) is 0 Å². The summed E-state index contributed by atoms with van der Waals surface area (Å²) in [5.41, 5.74) is 15.3. The van der Waals surface area contributed by atoms with Gasteiger partial charge in [-0.1, -0.05) is 127 Å². The predicted octanol–water partition coefficient (Wildman–Crippen LogP) is 9.11. The molecule has 1 fully saturated rings. The van der Waals surface area contributed by atoms with E-state index in [4.69, 9.17) is 9.31 Å². The molecule has 0 radical (unpaired) electrons. The normalized spacial score (nSPS) is 22.9. The van der Waals surface area contributed by atoms with Gasteiger partial charge in [0, 0.05) is 0 Å². The second-order valence-electron chi connectivity index (χ2n) is 14.9. The van der Waals surface area contributed by atoms with Crippen LogP contribution >= 0.6 is 0 Å². The molecular weight excluding hydrogens is 571 g/mol. The van der Waals surface area contributed by atoms with Crippen LogP contribution in [-0.4, -0.2) is 18.3 Å². The van der Waals surface area contributed by atoms with E-state index in [1.807, 2.05) is 0 Å². The van der Waals surface area contributed by atoms with Crippen molar-refractivity contribution in [3.8, 4) is 11.1 Å². The molecule has 47 heavy (non-hydrogen) atoms. The minimum absolute atomic E-state index is 0.466. The summed E-state index contributed by atoms with van der Waals surface area (Å²) in [5.74, 6) is 0. The van der Waals surface area contributed by atoms with Crippen molar-refractivity contribution in [2.75, 3.05) is 0 Å². The van der Waals surface area contributed by atoms with Crippen LogP contribution in [0, 0.1) is 0 Å². The molecule has 0 N–H and O–H groups in total. The van der Waals surface area contributed by atoms with Crippen molar-refractivity contribution in [2.45, 2.75) is 62.6 Å². The second kappa shape index (κ2) is 9.13. The quantitative estimate of drug-likeness (QED) is 0.173. The maximum atomic E-state index is 6.96. The molecule has 0 aromatic heterocycles. The summed E-state index contributed by atoms with van der Waals surface area (Å²) in [6.45, 7) is 8.64. The Morgan fingerprint density at radius 3 is 1.55 bits per heavy atom. The first-order valence-electron chi connectivity index (χ1n) is 17.1. The van der Waals surface area contributed by atoms with Crippen LogP contribution in [-0.2, 0) is 20.1 Å². The molecule has 1 atom stereocenters. The highest BCUT2D eigenvalue weighted by atomic mass is 16.7. The zero-order valence-electron chi connectivity index (χ0n) is 27.4. The number of allylic oxidation sites excluding steroid dienone is 4. The fraction of sp³-hybridized carbons (Fsp3) is 0.227. The van der Waals surface area contributed by atoms with Crippen LogP contribution in [0.15, 0.2) is 133 Å². The third-order valence-corrected chi connectivity index (χ3v) is 12.2. The van der Waals surface area contributed by atoms with Crippen LogP contribution in [0.5, 0.6) is 0 Å². The Labute approximate surface area is 277 Å². The molecule has 4 aliphatic carbocycles. The van der Waals surface area contributed by atoms with Gasteiger partial charge in [0.1, 0.15) is 0 Å². The molecule has 1 aliphatic heterocycles. The van der Waals surface area contributed by atoms with Crippen LogP contribution in [0.4, 0.5) is 0 Å². The Balaban J connectivity index is 1.42. The van der Waals surface area contributed by atoms with E-state index in [2.05, 4.69) is 155 Å². The van der Waals surface area contributed by atoms with Crippen LogP contribution in [0.1, 0.15) is 85.0 Å². The average Bonchev–Trinajstić information content (AvgIpc) is 3.64. The lowest BCUT2D eigenvalue weighted by atomic mass is 9.49. The fourth-order valence-corrected chi connectivity index (χ4v) is 9.73. The third kappa shape index (κ3) is 3.16. The third-order valence-electron chi connectivity index (χ3n) is 12.2. The van der Waals surface area contributed by atoms with Gasteiger partial charge >= 0.3 is 7.12 Å². The van der Waals surface area contributed by atoms with Gasteiger partial charge in [-0.3, -0.25) is 0 Å². The molecule has 0 amide bonds. The highest BCUT2D eigenvalue weighted by molar-refractivity contribution is 6.63. The van der Waals surface area contributed by atoms with Gasteiger partial charge < -0.3 is 9.31 Å². The van der Waals surface area contributed by atoms with Crippen molar-refractivity contribution >= 4 is 18.2 Å². The standard InChI is InChI=1S/C44H37BO2/c1-41(2)42(3,4)47-45(46-41)39-27-15-26-38-40(39)44(34-22-11-7-18-30(34)31-19-8-12-23-35(31)44)37-25-14-13-24-36(37)43(38)32-20-9-5-16-28(32)29-17-6-10-21-33(29)43/h5,7-9,11-27H,6,10H2,1-4H3. The Hall–Kier alpha value is -4.44. The Bertz CT molecular complexity index is 2170. The molecule has 5 aliphatic rings. The van der Waals surface area contributed by atoms with Gasteiger partial charge in [0.15, 0.2) is 0 Å². The summed E-state index contributed by atoms with van der Waals surface area (Å²) in [6, 6.07) is 43.5. The monoisotopic (exact) mass is 608 g/mol. The van der Waals surface area contributed by atoms with Crippen LogP contribution in [0.2, 0.25) is 0 Å². The van der Waals surface area contributed by atoms with E-state index in [1.165, 1.54) is 66.8 Å². The molecule has 10 rings (SSSR count). The smallest absolute Gasteiger partial charge is 0.399 e. The molecule has 1 unspecified atom stereocenters. The van der Waals surface area contributed by atoms with Crippen molar-refractivity contribution in [1.29, 1.82) is 0 Å². The summed E-state index contributed by atoms with van der Waals surface area (Å²) in [5, 5.41) is 0. The number of hydrogen-bond donors (Lipinski definition) is 0. The van der Waals surface area contributed by atoms with Crippen molar-refractivity contribution < 1.29 is 9.31 Å². The zero-order valence-corrected chi connectivity index (χ0v) is 27.4. The molecule has 0 bridgehead atoms. The number of hydrogen-bond acceptors (Lipinski definition) is 2. The van der Waals surface area contributed by atoms with Gasteiger partial charge in [-0.15, -0.1) is 0 Å². The molecule has 5 aromatic rings. The Morgan fingerprint density at radius 1 is 0.468 bits per heavy atom. The average molecular weight is 609 g/mol. The van der Waals surface area contributed by atoms with Crippen molar-refractivity contribution in [3.05, 3.63) is 177 Å². The molecule has 1 heterocycles. The first-order valence-corrected chi connectivity index (χ1v) is 17.1. The lowest BCUT2D eigenvalue weighted by Crippen LogP contribution is -2.50. The van der Waals surface area contributed by atoms with E-state index < -0.39 is 29.2 Å². The largest absolute Gasteiger partial charge is 0.495 e. The highest BCUT2D eigenvalue weighted by Crippen LogP contribution is 2.68. The maximum absolute atomic E-state index is 6.96. The van der Waals surface area contributed by atoms with E-state index in [9.17, 15) is 0 Å². The van der Waals surface area contributed by atoms with Gasteiger partial charge in [-0.2, -0.15) is 0 Å². The second-order valence-corrected chi connectivity index (χ2v) is 14.9. The van der Waals surface area contributed by atoms with Crippen LogP contribution in [0.25, 0.3) is 16.7 Å². The summed E-state index contributed by atoms with van der Waals surface area (Å²) in [4.78, 5) is 0. The molecule has 3 heteroatoms. The highest BCUT2D eigenvalue weighted by Gasteiger charge is 2.62. The predicted molar refractivity (Wildman–Crippen MR) is 191 cm³/mol.